The summed E-state index contributed by atoms with van der Waals surface area (Å²) in [6, 6.07) is 9.88. The van der Waals surface area contributed by atoms with E-state index in [1.807, 2.05) is 24.3 Å². The Hall–Kier alpha value is -0.633. The lowest BCUT2D eigenvalue weighted by Crippen LogP contribution is -2.27. The van der Waals surface area contributed by atoms with Crippen LogP contribution in [-0.4, -0.2) is 8.32 Å². The summed E-state index contributed by atoms with van der Waals surface area (Å²) in [6.07, 6.45) is -0.466. The number of nitriles is 1. The first-order chi connectivity index (χ1) is 6.94. The van der Waals surface area contributed by atoms with Crippen molar-refractivity contribution in [2.24, 2.45) is 0 Å². The molecule has 1 aromatic rings. The third kappa shape index (κ3) is 3.78. The number of rotatable bonds is 3. The van der Waals surface area contributed by atoms with Crippen molar-refractivity contribution in [1.29, 1.82) is 5.26 Å². The molecule has 2 nitrogen and oxygen atoms in total. The van der Waals surface area contributed by atoms with Gasteiger partial charge < -0.3 is 4.43 Å². The van der Waals surface area contributed by atoms with Crippen molar-refractivity contribution in [2.45, 2.75) is 25.7 Å². The molecule has 0 bridgehead atoms. The molecule has 0 saturated heterocycles. The fourth-order valence-electron chi connectivity index (χ4n) is 1.20. The predicted molar refractivity (Wildman–Crippen MR) is 66.9 cm³/mol. The largest absolute Gasteiger partial charge is 0.399 e. The SMILES string of the molecule is C[Si](C)(C)OC(C#N)c1ccccc1Br. The van der Waals surface area contributed by atoms with Crippen LogP contribution in [-0.2, 0) is 4.43 Å². The zero-order valence-corrected chi connectivity index (χ0v) is 11.7. The molecule has 0 aliphatic rings. The monoisotopic (exact) mass is 283 g/mol. The van der Waals surface area contributed by atoms with Crippen molar-refractivity contribution >= 4 is 24.2 Å². The maximum atomic E-state index is 9.09. The Balaban J connectivity index is 2.95. The van der Waals surface area contributed by atoms with E-state index in [2.05, 4.69) is 41.6 Å². The molecule has 0 saturated carbocycles. The van der Waals surface area contributed by atoms with Gasteiger partial charge in [0.25, 0.3) is 0 Å². The van der Waals surface area contributed by atoms with Crippen LogP contribution in [0.1, 0.15) is 11.7 Å². The maximum absolute atomic E-state index is 9.09. The van der Waals surface area contributed by atoms with Gasteiger partial charge in [-0.1, -0.05) is 34.1 Å². The minimum atomic E-state index is -1.69. The van der Waals surface area contributed by atoms with E-state index in [0.29, 0.717) is 0 Å². The third-order valence-corrected chi connectivity index (χ3v) is 3.44. The molecule has 0 heterocycles. The van der Waals surface area contributed by atoms with Crippen LogP contribution in [0.4, 0.5) is 0 Å². The Labute approximate surface area is 100 Å². The van der Waals surface area contributed by atoms with Crippen LogP contribution in [0.15, 0.2) is 28.7 Å². The van der Waals surface area contributed by atoms with Crippen molar-refractivity contribution in [1.82, 2.24) is 0 Å². The molecule has 0 aliphatic carbocycles. The van der Waals surface area contributed by atoms with Gasteiger partial charge in [0.15, 0.2) is 14.4 Å². The number of hydrogen-bond acceptors (Lipinski definition) is 2. The van der Waals surface area contributed by atoms with Crippen LogP contribution in [0.2, 0.25) is 19.6 Å². The van der Waals surface area contributed by atoms with Crippen LogP contribution in [0, 0.1) is 11.3 Å². The first-order valence-corrected chi connectivity index (χ1v) is 8.96. The average molecular weight is 284 g/mol. The molecule has 1 aromatic carbocycles. The summed E-state index contributed by atoms with van der Waals surface area (Å²) in [5, 5.41) is 9.09. The van der Waals surface area contributed by atoms with Crippen LogP contribution in [0.5, 0.6) is 0 Å². The van der Waals surface area contributed by atoms with Crippen molar-refractivity contribution in [2.75, 3.05) is 0 Å². The van der Waals surface area contributed by atoms with Gasteiger partial charge in [-0.15, -0.1) is 0 Å². The molecule has 1 rings (SSSR count). The highest BCUT2D eigenvalue weighted by Crippen LogP contribution is 2.27. The molecule has 0 amide bonds. The summed E-state index contributed by atoms with van der Waals surface area (Å²) in [4.78, 5) is 0. The highest BCUT2D eigenvalue weighted by molar-refractivity contribution is 9.10. The maximum Gasteiger partial charge on any atom is 0.186 e. The summed E-state index contributed by atoms with van der Waals surface area (Å²) < 4.78 is 6.73. The van der Waals surface area contributed by atoms with E-state index in [1.165, 1.54) is 0 Å². The Morgan fingerprint density at radius 2 is 1.93 bits per heavy atom. The second kappa shape index (κ2) is 4.93. The van der Waals surface area contributed by atoms with Gasteiger partial charge in [-0.2, -0.15) is 5.26 Å². The van der Waals surface area contributed by atoms with Crippen LogP contribution in [0.25, 0.3) is 0 Å². The van der Waals surface area contributed by atoms with Crippen molar-refractivity contribution < 1.29 is 4.43 Å². The smallest absolute Gasteiger partial charge is 0.186 e. The molecular weight excluding hydrogens is 270 g/mol. The second-order valence-corrected chi connectivity index (χ2v) is 9.58. The molecule has 0 spiro atoms. The van der Waals surface area contributed by atoms with Crippen molar-refractivity contribution in [3.05, 3.63) is 34.3 Å². The van der Waals surface area contributed by atoms with Gasteiger partial charge in [-0.3, -0.25) is 0 Å². The predicted octanol–water partition coefficient (Wildman–Crippen LogP) is 3.87. The van der Waals surface area contributed by atoms with E-state index >= 15 is 0 Å². The van der Waals surface area contributed by atoms with E-state index < -0.39 is 14.4 Å². The minimum Gasteiger partial charge on any atom is -0.399 e. The molecule has 4 heteroatoms. The molecule has 0 aliphatic heterocycles. The molecule has 1 atom stereocenters. The molecule has 0 fully saturated rings. The van der Waals surface area contributed by atoms with Gasteiger partial charge in [-0.25, -0.2) is 0 Å². The Morgan fingerprint density at radius 3 is 2.40 bits per heavy atom. The quantitative estimate of drug-likeness (QED) is 0.789. The van der Waals surface area contributed by atoms with Gasteiger partial charge in [0, 0.05) is 10.0 Å². The highest BCUT2D eigenvalue weighted by Gasteiger charge is 2.23. The summed E-state index contributed by atoms with van der Waals surface area (Å²) in [6.45, 7) is 6.23. The molecule has 1 unspecified atom stereocenters. The fraction of sp³-hybridized carbons (Fsp3) is 0.364. The molecule has 0 radical (unpaired) electrons. The summed E-state index contributed by atoms with van der Waals surface area (Å²) in [7, 11) is -1.69. The highest BCUT2D eigenvalue weighted by atomic mass is 79.9. The first kappa shape index (κ1) is 12.4. The molecule has 80 valence electrons. The summed E-state index contributed by atoms with van der Waals surface area (Å²) in [5.41, 5.74) is 0.905. The first-order valence-electron chi connectivity index (χ1n) is 4.76. The van der Waals surface area contributed by atoms with Gasteiger partial charge in [-0.05, 0) is 25.7 Å². The molecule has 0 N–H and O–H groups in total. The summed E-state index contributed by atoms with van der Waals surface area (Å²) >= 11 is 3.43. The number of hydrogen-bond donors (Lipinski definition) is 0. The minimum absolute atomic E-state index is 0.466. The number of nitrogens with zero attached hydrogens (tertiary/aromatic N) is 1. The Bertz CT molecular complexity index is 381. The standard InChI is InChI=1S/C11H14BrNOSi/c1-15(2,3)14-11(8-13)9-6-4-5-7-10(9)12/h4-7,11H,1-3H3. The normalized spacial score (nSPS) is 13.3. The van der Waals surface area contributed by atoms with Gasteiger partial charge in [0.1, 0.15) is 0 Å². The third-order valence-electron chi connectivity index (χ3n) is 1.78. The van der Waals surface area contributed by atoms with E-state index in [1.54, 1.807) is 0 Å². The summed E-state index contributed by atoms with van der Waals surface area (Å²) in [5.74, 6) is 0. The van der Waals surface area contributed by atoms with Crippen molar-refractivity contribution in [3.63, 3.8) is 0 Å². The second-order valence-electron chi connectivity index (χ2n) is 4.26. The van der Waals surface area contributed by atoms with E-state index in [4.69, 9.17) is 9.69 Å². The van der Waals surface area contributed by atoms with Gasteiger partial charge >= 0.3 is 0 Å². The zero-order valence-electron chi connectivity index (χ0n) is 9.12. The average Bonchev–Trinajstić information content (AvgIpc) is 2.14. The van der Waals surface area contributed by atoms with Gasteiger partial charge in [0.05, 0.1) is 6.07 Å². The van der Waals surface area contributed by atoms with Crippen molar-refractivity contribution in [3.8, 4) is 6.07 Å². The van der Waals surface area contributed by atoms with Gasteiger partial charge in [0.2, 0.25) is 0 Å². The van der Waals surface area contributed by atoms with Crippen LogP contribution in [0.3, 0.4) is 0 Å². The van der Waals surface area contributed by atoms with E-state index in [-0.39, 0.29) is 0 Å². The number of halogens is 1. The molecular formula is C11H14BrNOSi. The zero-order chi connectivity index (χ0) is 11.5. The van der Waals surface area contributed by atoms with E-state index in [9.17, 15) is 0 Å². The Morgan fingerprint density at radius 1 is 1.33 bits per heavy atom. The molecule has 15 heavy (non-hydrogen) atoms. The number of benzene rings is 1. The topological polar surface area (TPSA) is 33.0 Å². The lowest BCUT2D eigenvalue weighted by atomic mass is 10.1. The lowest BCUT2D eigenvalue weighted by Gasteiger charge is -2.22. The fourth-order valence-corrected chi connectivity index (χ4v) is 2.58. The molecule has 0 aromatic heterocycles. The Kier molecular flexibility index (Phi) is 4.09. The van der Waals surface area contributed by atoms with Crippen LogP contribution >= 0.6 is 15.9 Å². The lowest BCUT2D eigenvalue weighted by molar-refractivity contribution is 0.254. The van der Waals surface area contributed by atoms with Crippen LogP contribution < -0.4 is 0 Å². The van der Waals surface area contributed by atoms with E-state index in [0.717, 1.165) is 10.0 Å².